The van der Waals surface area contributed by atoms with E-state index in [9.17, 15) is 9.59 Å². The Hall–Kier alpha value is -3.19. The van der Waals surface area contributed by atoms with Crippen LogP contribution >= 0.6 is 0 Å². The minimum Gasteiger partial charge on any atom is -0.344 e. The lowest BCUT2D eigenvalue weighted by molar-refractivity contribution is 0.0705. The van der Waals surface area contributed by atoms with E-state index in [-0.39, 0.29) is 17.5 Å². The number of amides is 2. The van der Waals surface area contributed by atoms with Gasteiger partial charge in [0.1, 0.15) is 5.69 Å². The molecule has 7 heteroatoms. The molecule has 1 atom stereocenters. The van der Waals surface area contributed by atoms with Crippen molar-refractivity contribution in [1.82, 2.24) is 20.3 Å². The van der Waals surface area contributed by atoms with Crippen LogP contribution in [0.15, 0.2) is 48.8 Å². The largest absolute Gasteiger partial charge is 0.344 e. The van der Waals surface area contributed by atoms with Crippen LogP contribution in [0.4, 0.5) is 0 Å². The molecule has 0 aliphatic carbocycles. The van der Waals surface area contributed by atoms with E-state index in [4.69, 9.17) is 5.21 Å². The molecule has 2 heterocycles. The number of fused-ring (bicyclic) bond motifs is 1. The fourth-order valence-corrected chi connectivity index (χ4v) is 3.00. The van der Waals surface area contributed by atoms with Gasteiger partial charge >= 0.3 is 0 Å². The summed E-state index contributed by atoms with van der Waals surface area (Å²) in [5.41, 5.74) is 4.04. The number of pyridine rings is 1. The molecule has 0 saturated carbocycles. The second-order valence-corrected chi connectivity index (χ2v) is 6.03. The number of nitrogens with one attached hydrogen (secondary N) is 2. The third-order valence-electron chi connectivity index (χ3n) is 4.42. The molecule has 3 N–H and O–H groups in total. The molecule has 3 rings (SSSR count). The Balaban J connectivity index is 1.86. The van der Waals surface area contributed by atoms with E-state index in [1.54, 1.807) is 17.7 Å². The van der Waals surface area contributed by atoms with Gasteiger partial charge in [0, 0.05) is 30.3 Å². The van der Waals surface area contributed by atoms with Crippen LogP contribution in [-0.4, -0.2) is 26.6 Å². The van der Waals surface area contributed by atoms with E-state index in [0.29, 0.717) is 17.7 Å². The Bertz CT molecular complexity index is 964. The molecular formula is C19H20N4O3. The van der Waals surface area contributed by atoms with Crippen molar-refractivity contribution < 1.29 is 14.8 Å². The highest BCUT2D eigenvalue weighted by atomic mass is 16.5. The lowest BCUT2D eigenvalue weighted by Gasteiger charge is -2.18. The van der Waals surface area contributed by atoms with Crippen molar-refractivity contribution in [3.05, 3.63) is 65.6 Å². The maximum atomic E-state index is 12.8. The first-order chi connectivity index (χ1) is 12.5. The van der Waals surface area contributed by atoms with E-state index >= 15 is 0 Å². The predicted molar refractivity (Wildman–Crippen MR) is 96.9 cm³/mol. The normalized spacial score (nSPS) is 12.0. The first kappa shape index (κ1) is 17.6. The van der Waals surface area contributed by atoms with Crippen molar-refractivity contribution in [1.29, 1.82) is 0 Å². The summed E-state index contributed by atoms with van der Waals surface area (Å²) in [5, 5.41) is 12.8. The van der Waals surface area contributed by atoms with Gasteiger partial charge in [-0.1, -0.05) is 25.1 Å². The number of benzene rings is 1. The molecule has 0 aliphatic rings. The Labute approximate surface area is 150 Å². The average molecular weight is 352 g/mol. The highest BCUT2D eigenvalue weighted by Crippen LogP contribution is 2.21. The van der Waals surface area contributed by atoms with Crippen LogP contribution in [0.1, 0.15) is 45.8 Å². The van der Waals surface area contributed by atoms with Crippen LogP contribution in [0.2, 0.25) is 0 Å². The monoisotopic (exact) mass is 352 g/mol. The number of hydrogen-bond acceptors (Lipinski definition) is 4. The van der Waals surface area contributed by atoms with Crippen molar-refractivity contribution in [3.63, 3.8) is 0 Å². The number of nitrogens with zero attached hydrogens (tertiary/aromatic N) is 2. The van der Waals surface area contributed by atoms with E-state index in [1.165, 1.54) is 6.20 Å². The lowest BCUT2D eigenvalue weighted by atomic mass is 10.0. The van der Waals surface area contributed by atoms with Gasteiger partial charge in [-0.15, -0.1) is 0 Å². The number of carbonyl (C=O) groups is 2. The van der Waals surface area contributed by atoms with Crippen LogP contribution in [0.25, 0.3) is 10.9 Å². The summed E-state index contributed by atoms with van der Waals surface area (Å²) in [6.45, 7) is 1.94. The number of carbonyl (C=O) groups excluding carboxylic acids is 2. The molecule has 1 aromatic carbocycles. The van der Waals surface area contributed by atoms with Crippen molar-refractivity contribution in [2.24, 2.45) is 7.05 Å². The van der Waals surface area contributed by atoms with Crippen LogP contribution < -0.4 is 10.8 Å². The average Bonchev–Trinajstić information content (AvgIpc) is 3.02. The van der Waals surface area contributed by atoms with Crippen LogP contribution in [0, 0.1) is 0 Å². The van der Waals surface area contributed by atoms with Gasteiger partial charge in [-0.3, -0.25) is 19.8 Å². The minimum atomic E-state index is -0.644. The summed E-state index contributed by atoms with van der Waals surface area (Å²) in [4.78, 5) is 28.4. The number of rotatable bonds is 5. The maximum Gasteiger partial charge on any atom is 0.276 e. The van der Waals surface area contributed by atoms with Crippen molar-refractivity contribution >= 4 is 22.7 Å². The summed E-state index contributed by atoms with van der Waals surface area (Å²) >= 11 is 0. The summed E-state index contributed by atoms with van der Waals surface area (Å²) in [6, 6.07) is 10.9. The first-order valence-corrected chi connectivity index (χ1v) is 8.29. The van der Waals surface area contributed by atoms with E-state index in [0.717, 1.165) is 10.9 Å². The van der Waals surface area contributed by atoms with Gasteiger partial charge in [0.15, 0.2) is 0 Å². The summed E-state index contributed by atoms with van der Waals surface area (Å²) in [7, 11) is 1.85. The van der Waals surface area contributed by atoms with E-state index < -0.39 is 5.91 Å². The van der Waals surface area contributed by atoms with E-state index in [2.05, 4.69) is 10.3 Å². The summed E-state index contributed by atoms with van der Waals surface area (Å²) < 4.78 is 1.85. The number of aryl methyl sites for hydroxylation is 1. The molecule has 0 bridgehead atoms. The van der Waals surface area contributed by atoms with Gasteiger partial charge in [-0.25, -0.2) is 5.48 Å². The van der Waals surface area contributed by atoms with Crippen LogP contribution in [-0.2, 0) is 7.05 Å². The third-order valence-corrected chi connectivity index (χ3v) is 4.42. The van der Waals surface area contributed by atoms with Gasteiger partial charge in [0.2, 0.25) is 0 Å². The SMILES string of the molecule is CC[C@H](NC(=O)c1cc2ccccc2n1C)c1cncc(C(=O)NO)c1. The molecular weight excluding hydrogens is 332 g/mol. The highest BCUT2D eigenvalue weighted by Gasteiger charge is 2.19. The predicted octanol–water partition coefficient (Wildman–Crippen LogP) is 2.57. The molecule has 2 amide bonds. The molecule has 26 heavy (non-hydrogen) atoms. The molecule has 2 aromatic heterocycles. The number of hydrogen-bond donors (Lipinski definition) is 3. The number of para-hydroxylation sites is 1. The molecule has 0 unspecified atom stereocenters. The standard InChI is InChI=1S/C19H20N4O3/c1-3-15(13-8-14(11-20-10-13)18(24)22-26)21-19(25)17-9-12-6-4-5-7-16(12)23(17)2/h4-11,15,26H,3H2,1-2H3,(H,21,25)(H,22,24)/t15-/m0/s1. The molecule has 0 saturated heterocycles. The van der Waals surface area contributed by atoms with Crippen molar-refractivity contribution in [2.75, 3.05) is 0 Å². The van der Waals surface area contributed by atoms with Gasteiger partial charge < -0.3 is 9.88 Å². The topological polar surface area (TPSA) is 96.2 Å². The fraction of sp³-hybridized carbons (Fsp3) is 0.211. The van der Waals surface area contributed by atoms with Gasteiger partial charge in [0.05, 0.1) is 11.6 Å². The Morgan fingerprint density at radius 3 is 2.65 bits per heavy atom. The Morgan fingerprint density at radius 1 is 1.19 bits per heavy atom. The number of hydroxylamine groups is 1. The molecule has 7 nitrogen and oxygen atoms in total. The molecule has 0 aliphatic heterocycles. The third kappa shape index (κ3) is 3.29. The lowest BCUT2D eigenvalue weighted by Crippen LogP contribution is -2.30. The zero-order valence-electron chi connectivity index (χ0n) is 14.6. The number of aromatic nitrogens is 2. The Kier molecular flexibility index (Phi) is 4.99. The molecule has 0 spiro atoms. The quantitative estimate of drug-likeness (QED) is 0.486. The molecule has 134 valence electrons. The van der Waals surface area contributed by atoms with E-state index in [1.807, 2.05) is 48.9 Å². The van der Waals surface area contributed by atoms with Gasteiger partial charge in [-0.05, 0) is 30.2 Å². The molecule has 3 aromatic rings. The molecule has 0 fully saturated rings. The molecule has 0 radical (unpaired) electrons. The smallest absolute Gasteiger partial charge is 0.276 e. The highest BCUT2D eigenvalue weighted by molar-refractivity contribution is 5.99. The minimum absolute atomic E-state index is 0.201. The zero-order chi connectivity index (χ0) is 18.7. The van der Waals surface area contributed by atoms with Crippen LogP contribution in [0.3, 0.4) is 0 Å². The zero-order valence-corrected chi connectivity index (χ0v) is 14.6. The van der Waals surface area contributed by atoms with Crippen molar-refractivity contribution in [2.45, 2.75) is 19.4 Å². The first-order valence-electron chi connectivity index (χ1n) is 8.29. The summed E-state index contributed by atoms with van der Waals surface area (Å²) in [6.07, 6.45) is 3.58. The Morgan fingerprint density at radius 2 is 1.96 bits per heavy atom. The fourth-order valence-electron chi connectivity index (χ4n) is 3.00. The second-order valence-electron chi connectivity index (χ2n) is 6.03. The second kappa shape index (κ2) is 7.37. The van der Waals surface area contributed by atoms with Gasteiger partial charge in [0.25, 0.3) is 11.8 Å². The summed E-state index contributed by atoms with van der Waals surface area (Å²) in [5.74, 6) is -0.846. The van der Waals surface area contributed by atoms with Crippen molar-refractivity contribution in [3.8, 4) is 0 Å². The van der Waals surface area contributed by atoms with Crippen LogP contribution in [0.5, 0.6) is 0 Å². The maximum absolute atomic E-state index is 12.8. The van der Waals surface area contributed by atoms with Gasteiger partial charge in [-0.2, -0.15) is 0 Å².